The van der Waals surface area contributed by atoms with Crippen LogP contribution in [-0.4, -0.2) is 71.6 Å². The van der Waals surface area contributed by atoms with E-state index in [4.69, 9.17) is 0 Å². The second-order valence-corrected chi connectivity index (χ2v) is 11.2. The first-order valence-electron chi connectivity index (χ1n) is 12.2. The Labute approximate surface area is 219 Å². The molecule has 0 bridgehead atoms. The Morgan fingerprint density at radius 2 is 1.68 bits per heavy atom. The maximum atomic E-state index is 13.6. The van der Waals surface area contributed by atoms with E-state index in [1.54, 1.807) is 6.08 Å². The number of hydrogen-bond acceptors (Lipinski definition) is 5. The summed E-state index contributed by atoms with van der Waals surface area (Å²) in [5.74, 6) is -0.325. The van der Waals surface area contributed by atoms with Gasteiger partial charge in [-0.05, 0) is 48.6 Å². The van der Waals surface area contributed by atoms with Crippen LogP contribution in [0.1, 0.15) is 32.8 Å². The zero-order valence-electron chi connectivity index (χ0n) is 21.6. The fourth-order valence-corrected chi connectivity index (χ4v) is 5.64. The van der Waals surface area contributed by atoms with Gasteiger partial charge in [-0.3, -0.25) is 4.79 Å². The van der Waals surface area contributed by atoms with Gasteiger partial charge in [0.25, 0.3) is 0 Å². The maximum Gasteiger partial charge on any atom is 0.407 e. The summed E-state index contributed by atoms with van der Waals surface area (Å²) in [4.78, 5) is 24.6. The second-order valence-electron chi connectivity index (χ2n) is 9.30. The number of amides is 2. The number of anilines is 1. The molecule has 202 valence electrons. The standard InChI is InChI=1S/C27H37N3O6S/c1-5-6-16-30(27(33)34)25(17-22-10-8-7-9-11-22)26(32)19-29(18-20(2)3)37(35,36)24-14-12-23(13-15-24)28-21(4)31/h5,7-15,20,25-26,32H,1,6,16-19H2,2-4H3,(H,28,31)(H,33,34)/t25-,26+/m0/s1. The molecule has 2 aromatic rings. The normalized spacial score (nSPS) is 13.2. The summed E-state index contributed by atoms with van der Waals surface area (Å²) in [6.07, 6.45) is -0.296. The van der Waals surface area contributed by atoms with Crippen LogP contribution in [0.15, 0.2) is 72.1 Å². The van der Waals surface area contributed by atoms with Crippen molar-refractivity contribution in [3.63, 3.8) is 0 Å². The van der Waals surface area contributed by atoms with Crippen molar-refractivity contribution in [2.45, 2.75) is 50.7 Å². The van der Waals surface area contributed by atoms with Gasteiger partial charge < -0.3 is 20.4 Å². The molecule has 0 saturated carbocycles. The smallest absolute Gasteiger partial charge is 0.407 e. The Balaban J connectivity index is 2.40. The molecular formula is C27H37N3O6S. The summed E-state index contributed by atoms with van der Waals surface area (Å²) < 4.78 is 28.4. The van der Waals surface area contributed by atoms with Crippen molar-refractivity contribution < 1.29 is 28.2 Å². The third-order valence-electron chi connectivity index (χ3n) is 5.72. The molecule has 0 spiro atoms. The zero-order valence-corrected chi connectivity index (χ0v) is 22.4. The first kappa shape index (κ1) is 30.0. The minimum Gasteiger partial charge on any atom is -0.465 e. The van der Waals surface area contributed by atoms with Crippen molar-refractivity contribution in [2.24, 2.45) is 5.92 Å². The molecule has 2 atom stereocenters. The van der Waals surface area contributed by atoms with Gasteiger partial charge in [-0.25, -0.2) is 13.2 Å². The molecule has 0 heterocycles. The lowest BCUT2D eigenvalue weighted by atomic mass is 9.99. The first-order valence-corrected chi connectivity index (χ1v) is 13.6. The Morgan fingerprint density at radius 3 is 2.19 bits per heavy atom. The number of sulfonamides is 1. The van der Waals surface area contributed by atoms with E-state index in [-0.39, 0.29) is 42.8 Å². The lowest BCUT2D eigenvalue weighted by Gasteiger charge is -2.35. The van der Waals surface area contributed by atoms with Gasteiger partial charge in [-0.15, -0.1) is 6.58 Å². The van der Waals surface area contributed by atoms with Gasteiger partial charge in [0.05, 0.1) is 17.0 Å². The number of carbonyl (C=O) groups is 2. The summed E-state index contributed by atoms with van der Waals surface area (Å²) in [6, 6.07) is 14.1. The van der Waals surface area contributed by atoms with E-state index in [2.05, 4.69) is 11.9 Å². The van der Waals surface area contributed by atoms with Crippen molar-refractivity contribution in [3.8, 4) is 0 Å². The van der Waals surface area contributed by atoms with Crippen molar-refractivity contribution in [1.29, 1.82) is 0 Å². The van der Waals surface area contributed by atoms with Crippen LogP contribution in [0.25, 0.3) is 0 Å². The van der Waals surface area contributed by atoms with E-state index in [0.717, 1.165) is 10.5 Å². The Morgan fingerprint density at radius 1 is 1.05 bits per heavy atom. The van der Waals surface area contributed by atoms with Crippen LogP contribution in [0.3, 0.4) is 0 Å². The quantitative estimate of drug-likeness (QED) is 0.318. The lowest BCUT2D eigenvalue weighted by Crippen LogP contribution is -2.53. The van der Waals surface area contributed by atoms with Crippen LogP contribution >= 0.6 is 0 Å². The van der Waals surface area contributed by atoms with E-state index in [1.807, 2.05) is 44.2 Å². The van der Waals surface area contributed by atoms with Crippen molar-refractivity contribution in [2.75, 3.05) is 25.0 Å². The molecule has 2 amide bonds. The number of nitrogens with zero attached hydrogens (tertiary/aromatic N) is 2. The molecule has 0 aliphatic rings. The third kappa shape index (κ3) is 8.99. The number of rotatable bonds is 14. The van der Waals surface area contributed by atoms with Crippen LogP contribution in [0, 0.1) is 5.92 Å². The molecule has 9 nitrogen and oxygen atoms in total. The molecule has 3 N–H and O–H groups in total. The highest BCUT2D eigenvalue weighted by molar-refractivity contribution is 7.89. The van der Waals surface area contributed by atoms with E-state index < -0.39 is 28.3 Å². The summed E-state index contributed by atoms with van der Waals surface area (Å²) >= 11 is 0. The molecule has 0 aliphatic heterocycles. The van der Waals surface area contributed by atoms with Crippen LogP contribution in [0.2, 0.25) is 0 Å². The average Bonchev–Trinajstić information content (AvgIpc) is 2.83. The van der Waals surface area contributed by atoms with E-state index >= 15 is 0 Å². The Hall–Kier alpha value is -3.21. The number of nitrogens with one attached hydrogen (secondary N) is 1. The highest BCUT2D eigenvalue weighted by atomic mass is 32.2. The number of aliphatic hydroxyl groups is 1. The van der Waals surface area contributed by atoms with Gasteiger partial charge >= 0.3 is 6.09 Å². The molecule has 0 radical (unpaired) electrons. The molecule has 0 saturated heterocycles. The summed E-state index contributed by atoms with van der Waals surface area (Å²) in [6.45, 7) is 8.71. The van der Waals surface area contributed by atoms with Crippen molar-refractivity contribution >= 4 is 27.7 Å². The van der Waals surface area contributed by atoms with Crippen LogP contribution < -0.4 is 5.32 Å². The second kappa shape index (κ2) is 13.9. The molecule has 37 heavy (non-hydrogen) atoms. The Kier molecular flexibility index (Phi) is 11.3. The predicted octanol–water partition coefficient (Wildman–Crippen LogP) is 3.82. The third-order valence-corrected chi connectivity index (χ3v) is 7.57. The monoisotopic (exact) mass is 531 g/mol. The van der Waals surface area contributed by atoms with Crippen LogP contribution in [0.5, 0.6) is 0 Å². The summed E-state index contributed by atoms with van der Waals surface area (Å²) in [5, 5.41) is 23.9. The highest BCUT2D eigenvalue weighted by Gasteiger charge is 2.34. The number of carbonyl (C=O) groups excluding carboxylic acids is 1. The van der Waals surface area contributed by atoms with Crippen molar-refractivity contribution in [1.82, 2.24) is 9.21 Å². The summed E-state index contributed by atoms with van der Waals surface area (Å²) in [5.41, 5.74) is 1.28. The number of aliphatic hydroxyl groups excluding tert-OH is 1. The molecule has 0 aliphatic carbocycles. The van der Waals surface area contributed by atoms with Gasteiger partial charge in [0.2, 0.25) is 15.9 Å². The fraction of sp³-hybridized carbons (Fsp3) is 0.407. The van der Waals surface area contributed by atoms with E-state index in [1.165, 1.54) is 35.5 Å². The highest BCUT2D eigenvalue weighted by Crippen LogP contribution is 2.22. The minimum atomic E-state index is -4.03. The van der Waals surface area contributed by atoms with Gasteiger partial charge in [-0.1, -0.05) is 50.3 Å². The molecule has 10 heteroatoms. The van der Waals surface area contributed by atoms with Crippen LogP contribution in [0.4, 0.5) is 10.5 Å². The minimum absolute atomic E-state index is 0.0100. The number of hydrogen-bond donors (Lipinski definition) is 3. The Bertz CT molecular complexity index is 1140. The summed E-state index contributed by atoms with van der Waals surface area (Å²) in [7, 11) is -4.03. The number of carboxylic acid groups (broad SMARTS) is 1. The molecule has 0 unspecified atom stereocenters. The molecule has 0 aromatic heterocycles. The predicted molar refractivity (Wildman–Crippen MR) is 144 cm³/mol. The fourth-order valence-electron chi connectivity index (χ4n) is 4.01. The van der Waals surface area contributed by atoms with Gasteiger partial charge in [-0.2, -0.15) is 4.31 Å². The molecule has 2 rings (SSSR count). The lowest BCUT2D eigenvalue weighted by molar-refractivity contribution is -0.114. The van der Waals surface area contributed by atoms with Gasteiger partial charge in [0, 0.05) is 32.2 Å². The van der Waals surface area contributed by atoms with Crippen molar-refractivity contribution in [3.05, 3.63) is 72.8 Å². The molecule has 0 fully saturated rings. The van der Waals surface area contributed by atoms with E-state index in [0.29, 0.717) is 12.1 Å². The largest absolute Gasteiger partial charge is 0.465 e. The number of benzene rings is 2. The van der Waals surface area contributed by atoms with Gasteiger partial charge in [0.1, 0.15) is 0 Å². The maximum absolute atomic E-state index is 13.6. The zero-order chi connectivity index (χ0) is 27.6. The average molecular weight is 532 g/mol. The SMILES string of the molecule is C=CCCN(C(=O)O)[C@@H](Cc1ccccc1)[C@H](O)CN(CC(C)C)S(=O)(=O)c1ccc(NC(C)=O)cc1. The van der Waals surface area contributed by atoms with Gasteiger partial charge in [0.15, 0.2) is 0 Å². The van der Waals surface area contributed by atoms with Crippen LogP contribution in [-0.2, 0) is 21.2 Å². The van der Waals surface area contributed by atoms with E-state index in [9.17, 15) is 28.2 Å². The molecule has 2 aromatic carbocycles. The first-order chi connectivity index (χ1) is 17.4. The topological polar surface area (TPSA) is 127 Å². The molecular weight excluding hydrogens is 494 g/mol.